The summed E-state index contributed by atoms with van der Waals surface area (Å²) in [5.41, 5.74) is 0. The monoisotopic (exact) mass is 222 g/mol. The Morgan fingerprint density at radius 3 is 2.00 bits per heavy atom. The number of ketones is 2. The molecule has 0 saturated heterocycles. The first-order valence-corrected chi connectivity index (χ1v) is 5.78. The van der Waals surface area contributed by atoms with Crippen LogP contribution in [0.5, 0.6) is 0 Å². The van der Waals surface area contributed by atoms with Crippen molar-refractivity contribution in [1.29, 1.82) is 0 Å². The van der Waals surface area contributed by atoms with Crippen molar-refractivity contribution in [3.63, 3.8) is 0 Å². The molecular formula is C12H14O4. The van der Waals surface area contributed by atoms with E-state index in [1.165, 1.54) is 7.11 Å². The first-order valence-electron chi connectivity index (χ1n) is 5.78. The summed E-state index contributed by atoms with van der Waals surface area (Å²) in [6.07, 6.45) is 1.87. The van der Waals surface area contributed by atoms with Crippen LogP contribution in [0, 0.1) is 29.6 Å². The van der Waals surface area contributed by atoms with Crippen LogP contribution in [0.4, 0.5) is 0 Å². The molecule has 4 atom stereocenters. The average Bonchev–Trinajstić information content (AvgIpc) is 2.27. The van der Waals surface area contributed by atoms with Crippen molar-refractivity contribution in [2.24, 2.45) is 29.6 Å². The number of esters is 1. The van der Waals surface area contributed by atoms with E-state index < -0.39 is 5.92 Å². The third kappa shape index (κ3) is 1.07. The summed E-state index contributed by atoms with van der Waals surface area (Å²) in [4.78, 5) is 35.7. The Hall–Kier alpha value is -1.19. The highest BCUT2D eigenvalue weighted by molar-refractivity contribution is 6.00. The topological polar surface area (TPSA) is 60.4 Å². The number of methoxy groups -OCH3 is 1. The van der Waals surface area contributed by atoms with Crippen molar-refractivity contribution in [1.82, 2.24) is 0 Å². The highest BCUT2D eigenvalue weighted by Gasteiger charge is 2.59. The van der Waals surface area contributed by atoms with E-state index in [2.05, 4.69) is 0 Å². The van der Waals surface area contributed by atoms with Crippen LogP contribution in [0.15, 0.2) is 0 Å². The molecule has 16 heavy (non-hydrogen) atoms. The molecule has 0 aromatic carbocycles. The normalized spacial score (nSPS) is 44.9. The Balaban J connectivity index is 1.99. The highest BCUT2D eigenvalue weighted by Crippen LogP contribution is 2.53. The standard InChI is InChI=1S/C12H14O4/c1-16-12(15)9-7-3-5-2-6(11(7)14)4-8(9)10(5)13/h5-9H,2-4H2,1H3. The molecule has 0 spiro atoms. The smallest absolute Gasteiger partial charge is 0.310 e. The van der Waals surface area contributed by atoms with E-state index in [0.29, 0.717) is 12.8 Å². The number of Topliss-reactive ketones (excluding diaryl/α,β-unsaturated/α-hetero) is 2. The summed E-state index contributed by atoms with van der Waals surface area (Å²) in [6, 6.07) is 0. The molecular weight excluding hydrogens is 208 g/mol. The van der Waals surface area contributed by atoms with Gasteiger partial charge >= 0.3 is 5.97 Å². The van der Waals surface area contributed by atoms with Crippen molar-refractivity contribution in [3.05, 3.63) is 0 Å². The number of carbonyl (C=O) groups is 3. The fourth-order valence-corrected chi connectivity index (χ4v) is 3.84. The van der Waals surface area contributed by atoms with Gasteiger partial charge in [-0.3, -0.25) is 14.4 Å². The zero-order valence-corrected chi connectivity index (χ0v) is 9.14. The van der Waals surface area contributed by atoms with Crippen LogP contribution in [0.3, 0.4) is 0 Å². The lowest BCUT2D eigenvalue weighted by Gasteiger charge is -2.50. The van der Waals surface area contributed by atoms with E-state index in [1.54, 1.807) is 0 Å². The summed E-state index contributed by atoms with van der Waals surface area (Å²) in [5.74, 6) is -0.904. The maximum atomic E-state index is 12.0. The molecule has 86 valence electrons. The number of rotatable bonds is 1. The lowest BCUT2D eigenvalue weighted by molar-refractivity contribution is -0.171. The van der Waals surface area contributed by atoms with E-state index in [1.807, 2.05) is 0 Å². The first kappa shape index (κ1) is 10.00. The number of hydrogen-bond acceptors (Lipinski definition) is 4. The van der Waals surface area contributed by atoms with E-state index in [9.17, 15) is 14.4 Å². The van der Waals surface area contributed by atoms with Gasteiger partial charge in [0.25, 0.3) is 0 Å². The molecule has 4 nitrogen and oxygen atoms in total. The van der Waals surface area contributed by atoms with Gasteiger partial charge in [0.05, 0.1) is 13.0 Å². The van der Waals surface area contributed by atoms with Crippen LogP contribution in [0.25, 0.3) is 0 Å². The van der Waals surface area contributed by atoms with Gasteiger partial charge in [-0.15, -0.1) is 0 Å². The van der Waals surface area contributed by atoms with Gasteiger partial charge in [-0.05, 0) is 19.3 Å². The van der Waals surface area contributed by atoms with Crippen LogP contribution in [-0.4, -0.2) is 24.6 Å². The fraction of sp³-hybridized carbons (Fsp3) is 0.750. The zero-order valence-electron chi connectivity index (χ0n) is 9.14. The molecule has 4 saturated carbocycles. The van der Waals surface area contributed by atoms with Gasteiger partial charge in [0.2, 0.25) is 0 Å². The van der Waals surface area contributed by atoms with Crippen molar-refractivity contribution in [2.75, 3.05) is 7.11 Å². The summed E-state index contributed by atoms with van der Waals surface area (Å²) in [5, 5.41) is 0. The first-order chi connectivity index (χ1) is 7.63. The number of carbonyl (C=O) groups excluding carboxylic acids is 3. The average molecular weight is 222 g/mol. The highest BCUT2D eigenvalue weighted by atomic mass is 16.5. The molecule has 0 N–H and O–H groups in total. The van der Waals surface area contributed by atoms with Crippen LogP contribution in [0.1, 0.15) is 19.3 Å². The Morgan fingerprint density at radius 1 is 1.06 bits per heavy atom. The minimum absolute atomic E-state index is 0.0346. The Morgan fingerprint density at radius 2 is 1.56 bits per heavy atom. The molecule has 0 amide bonds. The maximum absolute atomic E-state index is 12.0. The molecule has 0 aromatic heterocycles. The molecule has 4 heteroatoms. The zero-order chi connectivity index (χ0) is 11.4. The van der Waals surface area contributed by atoms with Crippen LogP contribution in [-0.2, 0) is 19.1 Å². The minimum Gasteiger partial charge on any atom is -0.469 e. The van der Waals surface area contributed by atoms with Gasteiger partial charge in [-0.1, -0.05) is 0 Å². The second-order valence-electron chi connectivity index (χ2n) is 5.17. The van der Waals surface area contributed by atoms with Gasteiger partial charge < -0.3 is 4.74 Å². The van der Waals surface area contributed by atoms with Gasteiger partial charge in [0.1, 0.15) is 11.6 Å². The lowest BCUT2D eigenvalue weighted by atomic mass is 9.50. The third-order valence-corrected chi connectivity index (χ3v) is 4.52. The molecule has 0 aliphatic heterocycles. The Kier molecular flexibility index (Phi) is 1.97. The molecule has 0 heterocycles. The molecule has 4 fully saturated rings. The number of hydrogen-bond donors (Lipinski definition) is 0. The van der Waals surface area contributed by atoms with E-state index >= 15 is 0 Å². The van der Waals surface area contributed by atoms with E-state index in [4.69, 9.17) is 4.74 Å². The summed E-state index contributed by atoms with van der Waals surface area (Å²) >= 11 is 0. The third-order valence-electron chi connectivity index (χ3n) is 4.52. The van der Waals surface area contributed by atoms with Crippen molar-refractivity contribution in [2.45, 2.75) is 19.3 Å². The van der Waals surface area contributed by atoms with Crippen molar-refractivity contribution in [3.8, 4) is 0 Å². The molecule has 4 aliphatic carbocycles. The van der Waals surface area contributed by atoms with E-state index in [-0.39, 0.29) is 41.2 Å². The maximum Gasteiger partial charge on any atom is 0.310 e. The van der Waals surface area contributed by atoms with Gasteiger partial charge in [-0.25, -0.2) is 0 Å². The molecule has 4 rings (SSSR count). The second-order valence-corrected chi connectivity index (χ2v) is 5.17. The van der Waals surface area contributed by atoms with Crippen molar-refractivity contribution < 1.29 is 19.1 Å². The van der Waals surface area contributed by atoms with Crippen LogP contribution in [0.2, 0.25) is 0 Å². The van der Waals surface area contributed by atoms with Gasteiger partial charge in [0.15, 0.2) is 0 Å². The summed E-state index contributed by atoms with van der Waals surface area (Å²) in [7, 11) is 1.32. The lowest BCUT2D eigenvalue weighted by Crippen LogP contribution is -2.58. The Bertz CT molecular complexity index is 358. The molecule has 4 bridgehead atoms. The SMILES string of the molecule is COC(=O)C1C2CC3CC(CC1C3=O)C2=O. The van der Waals surface area contributed by atoms with Crippen LogP contribution >= 0.6 is 0 Å². The molecule has 4 unspecified atom stereocenters. The molecule has 0 aromatic rings. The molecule has 4 aliphatic rings. The molecule has 0 radical (unpaired) electrons. The van der Waals surface area contributed by atoms with Gasteiger partial charge in [-0.2, -0.15) is 0 Å². The van der Waals surface area contributed by atoms with Crippen molar-refractivity contribution >= 4 is 17.5 Å². The quantitative estimate of drug-likeness (QED) is 0.609. The largest absolute Gasteiger partial charge is 0.469 e. The minimum atomic E-state index is -0.488. The van der Waals surface area contributed by atoms with Gasteiger partial charge in [0, 0.05) is 23.7 Å². The predicted octanol–water partition coefficient (Wildman–Crippen LogP) is 0.590. The number of ether oxygens (including phenoxy) is 1. The fourth-order valence-electron chi connectivity index (χ4n) is 3.84. The second kappa shape index (κ2) is 3.15. The summed E-state index contributed by atoms with van der Waals surface area (Å²) < 4.78 is 4.73. The summed E-state index contributed by atoms with van der Waals surface area (Å²) in [6.45, 7) is 0. The Labute approximate surface area is 93.3 Å². The predicted molar refractivity (Wildman–Crippen MR) is 53.3 cm³/mol. The van der Waals surface area contributed by atoms with E-state index in [0.717, 1.165) is 6.42 Å². The van der Waals surface area contributed by atoms with Crippen LogP contribution < -0.4 is 0 Å².